The largest absolute Gasteiger partial charge is 0.472 e. The Morgan fingerprint density at radius 2 is 1.95 bits per heavy atom. The highest BCUT2D eigenvalue weighted by molar-refractivity contribution is 5.57. The molecule has 0 N–H and O–H groups in total. The minimum Gasteiger partial charge on any atom is -0.472 e. The van der Waals surface area contributed by atoms with Crippen LogP contribution in [0.3, 0.4) is 0 Å². The van der Waals surface area contributed by atoms with Crippen molar-refractivity contribution in [3.05, 3.63) is 42.5 Å². The monoisotopic (exact) mass is 268 g/mol. The molecule has 0 amide bonds. The van der Waals surface area contributed by atoms with Crippen molar-refractivity contribution >= 4 is 0 Å². The van der Waals surface area contributed by atoms with Crippen molar-refractivity contribution in [1.29, 1.82) is 0 Å². The fraction of sp³-hybridized carbons (Fsp3) is 0.471. The predicted molar refractivity (Wildman–Crippen MR) is 78.5 cm³/mol. The third-order valence-corrected chi connectivity index (χ3v) is 4.98. The van der Waals surface area contributed by atoms with Crippen molar-refractivity contribution in [2.45, 2.75) is 31.1 Å². The molecular weight excluding hydrogens is 248 g/mol. The average Bonchev–Trinajstić information content (AvgIpc) is 3.02. The standard InChI is InChI=1S/C17H20N2O/c1-6-17(7-2-9-19(8-1)13-17)15-3-4-16(18-11-15)14-5-10-20-12-14/h3-5,10-12H,1-2,6-9,13H2. The van der Waals surface area contributed by atoms with Gasteiger partial charge in [-0.25, -0.2) is 0 Å². The van der Waals surface area contributed by atoms with Gasteiger partial charge in [0.05, 0.1) is 18.2 Å². The third-order valence-electron chi connectivity index (χ3n) is 4.98. The average molecular weight is 268 g/mol. The quantitative estimate of drug-likeness (QED) is 0.835. The van der Waals surface area contributed by atoms with Gasteiger partial charge in [0.15, 0.2) is 0 Å². The smallest absolute Gasteiger partial charge is 0.0996 e. The first-order valence-electron chi connectivity index (χ1n) is 7.57. The summed E-state index contributed by atoms with van der Waals surface area (Å²) < 4.78 is 5.13. The van der Waals surface area contributed by atoms with Crippen LogP contribution in [0.1, 0.15) is 31.2 Å². The van der Waals surface area contributed by atoms with Crippen molar-refractivity contribution in [2.75, 3.05) is 19.6 Å². The molecule has 4 heterocycles. The van der Waals surface area contributed by atoms with Crippen molar-refractivity contribution in [2.24, 2.45) is 0 Å². The maximum absolute atomic E-state index is 5.13. The number of nitrogens with zero attached hydrogens (tertiary/aromatic N) is 2. The SMILES string of the molecule is c1cc(-c2ccc(C34CCCN(CCC3)C4)cn2)co1. The second kappa shape index (κ2) is 4.74. The highest BCUT2D eigenvalue weighted by Gasteiger charge is 2.39. The summed E-state index contributed by atoms with van der Waals surface area (Å²) in [6, 6.07) is 6.38. The van der Waals surface area contributed by atoms with Gasteiger partial charge < -0.3 is 9.32 Å². The zero-order valence-corrected chi connectivity index (χ0v) is 11.7. The van der Waals surface area contributed by atoms with Gasteiger partial charge in [0.1, 0.15) is 0 Å². The summed E-state index contributed by atoms with van der Waals surface area (Å²) in [5.41, 5.74) is 3.85. The molecule has 2 fully saturated rings. The van der Waals surface area contributed by atoms with Crippen molar-refractivity contribution in [3.63, 3.8) is 0 Å². The van der Waals surface area contributed by atoms with Crippen LogP contribution in [0.4, 0.5) is 0 Å². The summed E-state index contributed by atoms with van der Waals surface area (Å²) in [6.07, 6.45) is 10.8. The van der Waals surface area contributed by atoms with Crippen LogP contribution in [0.25, 0.3) is 11.3 Å². The van der Waals surface area contributed by atoms with E-state index in [1.807, 2.05) is 6.07 Å². The van der Waals surface area contributed by atoms with Crippen molar-refractivity contribution < 1.29 is 4.42 Å². The Hall–Kier alpha value is -1.61. The Balaban J connectivity index is 1.65. The number of hydrogen-bond acceptors (Lipinski definition) is 3. The number of rotatable bonds is 2. The summed E-state index contributed by atoms with van der Waals surface area (Å²) in [5, 5.41) is 0. The highest BCUT2D eigenvalue weighted by atomic mass is 16.3. The Kier molecular flexibility index (Phi) is 2.88. The number of pyridine rings is 1. The Bertz CT molecular complexity index is 564. The van der Waals surface area contributed by atoms with Crippen LogP contribution in [0.5, 0.6) is 0 Å². The van der Waals surface area contributed by atoms with E-state index in [-0.39, 0.29) is 0 Å². The summed E-state index contributed by atoms with van der Waals surface area (Å²) in [4.78, 5) is 7.28. The second-order valence-electron chi connectivity index (χ2n) is 6.21. The molecular formula is C17H20N2O. The molecule has 4 rings (SSSR count). The highest BCUT2D eigenvalue weighted by Crippen LogP contribution is 2.41. The van der Waals surface area contributed by atoms with Crippen molar-refractivity contribution in [1.82, 2.24) is 9.88 Å². The Morgan fingerprint density at radius 3 is 2.60 bits per heavy atom. The zero-order valence-electron chi connectivity index (χ0n) is 11.7. The first kappa shape index (κ1) is 12.2. The maximum atomic E-state index is 5.13. The summed E-state index contributed by atoms with van der Waals surface area (Å²) in [5.74, 6) is 0. The lowest BCUT2D eigenvalue weighted by Gasteiger charge is -2.47. The number of hydrogen-bond donors (Lipinski definition) is 0. The molecule has 2 aromatic heterocycles. The van der Waals surface area contributed by atoms with E-state index in [9.17, 15) is 0 Å². The van der Waals surface area contributed by atoms with E-state index in [2.05, 4.69) is 28.2 Å². The number of fused-ring (bicyclic) bond motifs is 2. The van der Waals surface area contributed by atoms with E-state index in [0.717, 1.165) is 11.3 Å². The molecule has 0 saturated carbocycles. The molecule has 2 aliphatic heterocycles. The Labute approximate surface area is 119 Å². The first-order valence-corrected chi connectivity index (χ1v) is 7.57. The molecule has 2 saturated heterocycles. The molecule has 3 heteroatoms. The fourth-order valence-electron chi connectivity index (χ4n) is 3.93. The summed E-state index contributed by atoms with van der Waals surface area (Å²) in [6.45, 7) is 3.78. The molecule has 0 aromatic carbocycles. The zero-order chi connectivity index (χ0) is 13.4. The Morgan fingerprint density at radius 1 is 1.10 bits per heavy atom. The van der Waals surface area contributed by atoms with E-state index < -0.39 is 0 Å². The second-order valence-corrected chi connectivity index (χ2v) is 6.21. The van der Waals surface area contributed by atoms with Crippen LogP contribution < -0.4 is 0 Å². The maximum Gasteiger partial charge on any atom is 0.0996 e. The van der Waals surface area contributed by atoms with Gasteiger partial charge in [-0.05, 0) is 56.5 Å². The lowest BCUT2D eigenvalue weighted by atomic mass is 9.69. The van der Waals surface area contributed by atoms with E-state index in [1.54, 1.807) is 12.5 Å². The van der Waals surface area contributed by atoms with Gasteiger partial charge in [-0.1, -0.05) is 6.07 Å². The number of aromatic nitrogens is 1. The molecule has 0 aliphatic carbocycles. The molecule has 2 aromatic rings. The summed E-state index contributed by atoms with van der Waals surface area (Å²) in [7, 11) is 0. The van der Waals surface area contributed by atoms with Gasteiger partial charge >= 0.3 is 0 Å². The lowest BCUT2D eigenvalue weighted by molar-refractivity contribution is 0.0941. The van der Waals surface area contributed by atoms with Crippen molar-refractivity contribution in [3.8, 4) is 11.3 Å². The van der Waals surface area contributed by atoms with Gasteiger partial charge in [-0.3, -0.25) is 4.98 Å². The molecule has 0 unspecified atom stereocenters. The van der Waals surface area contributed by atoms with Crippen LogP contribution in [0, 0.1) is 0 Å². The van der Waals surface area contributed by atoms with Gasteiger partial charge in [0.2, 0.25) is 0 Å². The van der Waals surface area contributed by atoms with Gasteiger partial charge in [0, 0.05) is 23.7 Å². The number of piperidine rings is 2. The molecule has 3 nitrogen and oxygen atoms in total. The van der Waals surface area contributed by atoms with E-state index in [0.29, 0.717) is 5.41 Å². The lowest BCUT2D eigenvalue weighted by Crippen LogP contribution is -2.50. The number of furan rings is 1. The fourth-order valence-corrected chi connectivity index (χ4v) is 3.93. The summed E-state index contributed by atoms with van der Waals surface area (Å²) >= 11 is 0. The van der Waals surface area contributed by atoms with E-state index in [1.165, 1.54) is 50.9 Å². The normalized spacial score (nSPS) is 29.3. The van der Waals surface area contributed by atoms with E-state index >= 15 is 0 Å². The molecule has 104 valence electrons. The van der Waals surface area contributed by atoms with Gasteiger partial charge in [-0.2, -0.15) is 0 Å². The van der Waals surface area contributed by atoms with Gasteiger partial charge in [0.25, 0.3) is 0 Å². The molecule has 0 atom stereocenters. The third kappa shape index (κ3) is 1.97. The topological polar surface area (TPSA) is 29.3 Å². The van der Waals surface area contributed by atoms with Crippen LogP contribution in [0.2, 0.25) is 0 Å². The van der Waals surface area contributed by atoms with Crippen LogP contribution in [0.15, 0.2) is 41.3 Å². The van der Waals surface area contributed by atoms with Crippen LogP contribution >= 0.6 is 0 Å². The molecule has 0 radical (unpaired) electrons. The molecule has 0 spiro atoms. The molecule has 2 aliphatic rings. The predicted octanol–water partition coefficient (Wildman–Crippen LogP) is 3.47. The minimum absolute atomic E-state index is 0.360. The minimum atomic E-state index is 0.360. The van der Waals surface area contributed by atoms with E-state index in [4.69, 9.17) is 4.42 Å². The molecule has 20 heavy (non-hydrogen) atoms. The van der Waals surface area contributed by atoms with Gasteiger partial charge in [-0.15, -0.1) is 0 Å². The van der Waals surface area contributed by atoms with Crippen LogP contribution in [-0.4, -0.2) is 29.5 Å². The molecule has 2 bridgehead atoms. The first-order chi connectivity index (χ1) is 9.86. The van der Waals surface area contributed by atoms with Crippen LogP contribution in [-0.2, 0) is 5.41 Å².